The summed E-state index contributed by atoms with van der Waals surface area (Å²) in [5, 5.41) is 10.7. The molecule has 4 nitrogen and oxygen atoms in total. The van der Waals surface area contributed by atoms with Gasteiger partial charge in [-0.25, -0.2) is 4.98 Å². The molecule has 0 aliphatic rings. The summed E-state index contributed by atoms with van der Waals surface area (Å²) in [6, 6.07) is 15.0. The van der Waals surface area contributed by atoms with E-state index in [0.29, 0.717) is 5.69 Å². The van der Waals surface area contributed by atoms with Gasteiger partial charge in [0.05, 0.1) is 17.5 Å². The molecule has 1 heterocycles. The van der Waals surface area contributed by atoms with Crippen molar-refractivity contribution < 1.29 is 13.2 Å². The summed E-state index contributed by atoms with van der Waals surface area (Å²) in [4.78, 5) is 4.34. The molecule has 3 aromatic rings. The Labute approximate surface area is 142 Å². The van der Waals surface area contributed by atoms with Gasteiger partial charge in [-0.2, -0.15) is 18.3 Å². The molecule has 0 saturated heterocycles. The highest BCUT2D eigenvalue weighted by atomic mass is 19.4. The minimum Gasteiger partial charge on any atom is -0.353 e. The van der Waals surface area contributed by atoms with Crippen LogP contribution in [0.3, 0.4) is 0 Å². The van der Waals surface area contributed by atoms with E-state index >= 15 is 0 Å². The first-order chi connectivity index (χ1) is 12.0. The lowest BCUT2D eigenvalue weighted by molar-refractivity contribution is -0.138. The summed E-state index contributed by atoms with van der Waals surface area (Å²) >= 11 is 0. The lowest BCUT2D eigenvalue weighted by Gasteiger charge is -2.12. The monoisotopic (exact) mass is 344 g/mol. The molecular formula is C18H15F3N4. The molecule has 0 bridgehead atoms. The summed E-state index contributed by atoms with van der Waals surface area (Å²) in [5.74, 6) is 0.283. The highest BCUT2D eigenvalue weighted by Crippen LogP contribution is 2.32. The van der Waals surface area contributed by atoms with Crippen LogP contribution < -0.4 is 5.32 Å². The molecule has 0 unspecified atom stereocenters. The molecule has 0 amide bonds. The molecule has 3 rings (SSSR count). The summed E-state index contributed by atoms with van der Waals surface area (Å²) in [6.07, 6.45) is -2.62. The van der Waals surface area contributed by atoms with Crippen molar-refractivity contribution in [2.24, 2.45) is 0 Å². The molecule has 0 aliphatic heterocycles. The van der Waals surface area contributed by atoms with Crippen LogP contribution in [0.5, 0.6) is 0 Å². The largest absolute Gasteiger partial charge is 0.416 e. The van der Waals surface area contributed by atoms with Crippen LogP contribution in [0, 0.1) is 0 Å². The molecule has 0 radical (unpaired) electrons. The molecule has 0 fully saturated rings. The lowest BCUT2D eigenvalue weighted by Crippen LogP contribution is -2.13. The molecule has 0 atom stereocenters. The van der Waals surface area contributed by atoms with Crippen LogP contribution in [-0.4, -0.2) is 21.7 Å². The van der Waals surface area contributed by atoms with E-state index in [1.165, 1.54) is 12.1 Å². The molecule has 1 N–H and O–H groups in total. The van der Waals surface area contributed by atoms with Crippen molar-refractivity contribution in [3.8, 4) is 11.3 Å². The number of hydrogen-bond donors (Lipinski definition) is 1. The van der Waals surface area contributed by atoms with Crippen molar-refractivity contribution in [3.63, 3.8) is 0 Å². The number of nitrogens with zero attached hydrogens (tertiary/aromatic N) is 3. The van der Waals surface area contributed by atoms with Gasteiger partial charge in [0, 0.05) is 12.1 Å². The van der Waals surface area contributed by atoms with E-state index < -0.39 is 11.7 Å². The maximum Gasteiger partial charge on any atom is 0.416 e. The van der Waals surface area contributed by atoms with E-state index in [2.05, 4.69) is 20.5 Å². The molecule has 25 heavy (non-hydrogen) atoms. The standard InChI is InChI=1S/C18H15F3N4/c19-18(20,21)15-9-5-4-6-13(15)10-11-22-17-24-16(12-23-25-17)14-7-2-1-3-8-14/h1-9,12H,10-11H2,(H,22,24,25). The minimum atomic E-state index is -4.36. The van der Waals surface area contributed by atoms with E-state index in [9.17, 15) is 13.2 Å². The SMILES string of the molecule is FC(F)(F)c1ccccc1CCNc1nncc(-c2ccccc2)n1. The number of halogens is 3. The molecular weight excluding hydrogens is 329 g/mol. The molecule has 7 heteroatoms. The van der Waals surface area contributed by atoms with Crippen LogP contribution >= 0.6 is 0 Å². The van der Waals surface area contributed by atoms with Gasteiger partial charge >= 0.3 is 6.18 Å². The van der Waals surface area contributed by atoms with E-state index in [1.54, 1.807) is 12.3 Å². The zero-order valence-corrected chi connectivity index (χ0v) is 13.2. The highest BCUT2D eigenvalue weighted by Gasteiger charge is 2.32. The number of rotatable bonds is 5. The van der Waals surface area contributed by atoms with Crippen molar-refractivity contribution in [1.29, 1.82) is 0 Å². The zero-order valence-electron chi connectivity index (χ0n) is 13.2. The first kappa shape index (κ1) is 16.9. The fourth-order valence-corrected chi connectivity index (χ4v) is 2.45. The third-order valence-electron chi connectivity index (χ3n) is 3.63. The maximum absolute atomic E-state index is 13.0. The van der Waals surface area contributed by atoms with Crippen molar-refractivity contribution >= 4 is 5.95 Å². The summed E-state index contributed by atoms with van der Waals surface area (Å²) in [6.45, 7) is 0.271. The minimum absolute atomic E-state index is 0.203. The Bertz CT molecular complexity index is 835. The fourth-order valence-electron chi connectivity index (χ4n) is 2.45. The molecule has 2 aromatic carbocycles. The smallest absolute Gasteiger partial charge is 0.353 e. The second-order valence-electron chi connectivity index (χ2n) is 5.36. The van der Waals surface area contributed by atoms with Crippen molar-refractivity contribution in [3.05, 3.63) is 71.9 Å². The topological polar surface area (TPSA) is 50.7 Å². The van der Waals surface area contributed by atoms with Gasteiger partial charge in [0.25, 0.3) is 0 Å². The van der Waals surface area contributed by atoms with E-state index in [-0.39, 0.29) is 24.5 Å². The predicted molar refractivity (Wildman–Crippen MR) is 88.9 cm³/mol. The molecule has 1 aromatic heterocycles. The van der Waals surface area contributed by atoms with Gasteiger partial charge in [-0.15, -0.1) is 5.10 Å². The maximum atomic E-state index is 13.0. The van der Waals surface area contributed by atoms with Crippen molar-refractivity contribution in [1.82, 2.24) is 15.2 Å². The molecule has 0 spiro atoms. The zero-order chi connectivity index (χ0) is 17.7. The van der Waals surface area contributed by atoms with E-state index in [0.717, 1.165) is 11.6 Å². The highest BCUT2D eigenvalue weighted by molar-refractivity contribution is 5.58. The number of aromatic nitrogens is 3. The summed E-state index contributed by atoms with van der Waals surface area (Å²) in [7, 11) is 0. The Hall–Kier alpha value is -2.96. The number of nitrogens with one attached hydrogen (secondary N) is 1. The van der Waals surface area contributed by atoms with Crippen LogP contribution in [0.15, 0.2) is 60.8 Å². The van der Waals surface area contributed by atoms with Gasteiger partial charge < -0.3 is 5.32 Å². The first-order valence-electron chi connectivity index (χ1n) is 7.68. The van der Waals surface area contributed by atoms with Crippen molar-refractivity contribution in [2.75, 3.05) is 11.9 Å². The van der Waals surface area contributed by atoms with Gasteiger partial charge in [-0.3, -0.25) is 0 Å². The van der Waals surface area contributed by atoms with Crippen molar-refractivity contribution in [2.45, 2.75) is 12.6 Å². The number of hydrogen-bond acceptors (Lipinski definition) is 4. The van der Waals surface area contributed by atoms with Crippen LogP contribution in [0.1, 0.15) is 11.1 Å². The lowest BCUT2D eigenvalue weighted by atomic mass is 10.0. The quantitative estimate of drug-likeness (QED) is 0.753. The van der Waals surface area contributed by atoms with Crippen LogP contribution in [0.25, 0.3) is 11.3 Å². The average Bonchev–Trinajstić information content (AvgIpc) is 2.62. The van der Waals surface area contributed by atoms with Gasteiger partial charge in [-0.05, 0) is 18.1 Å². The molecule has 0 saturated carbocycles. The Kier molecular flexibility index (Phi) is 4.92. The predicted octanol–water partition coefficient (Wildman–Crippen LogP) is 4.21. The van der Waals surface area contributed by atoms with Crippen LogP contribution in [0.4, 0.5) is 19.1 Å². The third kappa shape index (κ3) is 4.32. The third-order valence-corrected chi connectivity index (χ3v) is 3.63. The van der Waals surface area contributed by atoms with E-state index in [1.807, 2.05) is 30.3 Å². The first-order valence-corrected chi connectivity index (χ1v) is 7.68. The van der Waals surface area contributed by atoms with Crippen LogP contribution in [-0.2, 0) is 12.6 Å². The Morgan fingerprint density at radius 3 is 2.40 bits per heavy atom. The van der Waals surface area contributed by atoms with Gasteiger partial charge in [0.1, 0.15) is 0 Å². The van der Waals surface area contributed by atoms with Gasteiger partial charge in [0.15, 0.2) is 0 Å². The molecule has 128 valence electrons. The van der Waals surface area contributed by atoms with E-state index in [4.69, 9.17) is 0 Å². The number of benzene rings is 2. The Morgan fingerprint density at radius 1 is 0.920 bits per heavy atom. The number of anilines is 1. The van der Waals surface area contributed by atoms with Gasteiger partial charge in [-0.1, -0.05) is 48.5 Å². The second-order valence-corrected chi connectivity index (χ2v) is 5.36. The number of alkyl halides is 3. The average molecular weight is 344 g/mol. The Morgan fingerprint density at radius 2 is 1.64 bits per heavy atom. The second kappa shape index (κ2) is 7.29. The van der Waals surface area contributed by atoms with Gasteiger partial charge in [0.2, 0.25) is 5.95 Å². The summed E-state index contributed by atoms with van der Waals surface area (Å²) in [5.41, 5.74) is 1.15. The van der Waals surface area contributed by atoms with Crippen LogP contribution in [0.2, 0.25) is 0 Å². The summed E-state index contributed by atoms with van der Waals surface area (Å²) < 4.78 is 39.0. The normalized spacial score (nSPS) is 11.3. The fraction of sp³-hybridized carbons (Fsp3) is 0.167. The Balaban J connectivity index is 1.68. The molecule has 0 aliphatic carbocycles.